The van der Waals surface area contributed by atoms with Gasteiger partial charge in [-0.3, -0.25) is 4.79 Å². The third-order valence-corrected chi connectivity index (χ3v) is 1.51. The molecule has 0 radical (unpaired) electrons. The monoisotopic (exact) mass is 171 g/mol. The largest absolute Gasteiger partial charge is 0.295 e. The SMILES string of the molecule is [C-]#[N+]c1cccc(/C=C/C(C)=O)c1. The van der Waals surface area contributed by atoms with Crippen molar-refractivity contribution in [2.75, 3.05) is 0 Å². The fraction of sp³-hybridized carbons (Fsp3) is 0.0909. The molecule has 13 heavy (non-hydrogen) atoms. The highest BCUT2D eigenvalue weighted by Crippen LogP contribution is 2.14. The first-order valence-corrected chi connectivity index (χ1v) is 3.88. The van der Waals surface area contributed by atoms with E-state index in [0.717, 1.165) is 5.56 Å². The number of benzene rings is 1. The average molecular weight is 171 g/mol. The summed E-state index contributed by atoms with van der Waals surface area (Å²) in [5, 5.41) is 0. The van der Waals surface area contributed by atoms with E-state index in [1.165, 1.54) is 13.0 Å². The summed E-state index contributed by atoms with van der Waals surface area (Å²) in [6, 6.07) is 7.13. The van der Waals surface area contributed by atoms with Gasteiger partial charge in [0.1, 0.15) is 0 Å². The molecule has 0 amide bonds. The highest BCUT2D eigenvalue weighted by atomic mass is 16.1. The van der Waals surface area contributed by atoms with Gasteiger partial charge in [-0.25, -0.2) is 4.85 Å². The molecule has 1 aromatic carbocycles. The van der Waals surface area contributed by atoms with Gasteiger partial charge in [0, 0.05) is 0 Å². The molecule has 1 aromatic rings. The van der Waals surface area contributed by atoms with Gasteiger partial charge >= 0.3 is 0 Å². The summed E-state index contributed by atoms with van der Waals surface area (Å²) < 4.78 is 0. The lowest BCUT2D eigenvalue weighted by Gasteiger charge is -1.92. The van der Waals surface area contributed by atoms with Crippen molar-refractivity contribution in [3.63, 3.8) is 0 Å². The molecule has 0 fully saturated rings. The zero-order valence-electron chi connectivity index (χ0n) is 7.32. The summed E-state index contributed by atoms with van der Waals surface area (Å²) in [5.74, 6) is 0.00761. The quantitative estimate of drug-likeness (QED) is 0.495. The Labute approximate surface area is 77.3 Å². The zero-order chi connectivity index (χ0) is 9.68. The van der Waals surface area contributed by atoms with Gasteiger partial charge in [0.05, 0.1) is 6.57 Å². The third kappa shape index (κ3) is 2.92. The van der Waals surface area contributed by atoms with E-state index >= 15 is 0 Å². The predicted octanol–water partition coefficient (Wildman–Crippen LogP) is 2.84. The van der Waals surface area contributed by atoms with E-state index in [1.807, 2.05) is 6.07 Å². The maximum Gasteiger partial charge on any atom is 0.187 e. The second kappa shape index (κ2) is 4.22. The fourth-order valence-corrected chi connectivity index (χ4v) is 0.912. The number of carbonyl (C=O) groups is 1. The molecule has 1 rings (SSSR count). The second-order valence-corrected chi connectivity index (χ2v) is 2.65. The molecule has 0 bridgehead atoms. The molecular formula is C11H9NO. The zero-order valence-corrected chi connectivity index (χ0v) is 7.32. The van der Waals surface area contributed by atoms with Crippen LogP contribution in [-0.4, -0.2) is 5.78 Å². The van der Waals surface area contributed by atoms with Crippen LogP contribution < -0.4 is 0 Å². The van der Waals surface area contributed by atoms with E-state index in [1.54, 1.807) is 24.3 Å². The predicted molar refractivity (Wildman–Crippen MR) is 52.4 cm³/mol. The van der Waals surface area contributed by atoms with Gasteiger partial charge in [0.15, 0.2) is 11.5 Å². The van der Waals surface area contributed by atoms with Gasteiger partial charge in [-0.2, -0.15) is 0 Å². The molecule has 2 nitrogen and oxygen atoms in total. The Morgan fingerprint density at radius 3 is 2.92 bits per heavy atom. The standard InChI is InChI=1S/C11H9NO/c1-9(13)6-7-10-4-3-5-11(8-10)12-2/h3-8H,1H3/b7-6+. The molecule has 0 spiro atoms. The minimum absolute atomic E-state index is 0.00761. The third-order valence-electron chi connectivity index (χ3n) is 1.51. The van der Waals surface area contributed by atoms with Crippen molar-refractivity contribution in [2.24, 2.45) is 0 Å². The summed E-state index contributed by atoms with van der Waals surface area (Å²) in [6.45, 7) is 8.29. The Bertz CT molecular complexity index is 385. The van der Waals surface area contributed by atoms with Crippen LogP contribution in [0.25, 0.3) is 10.9 Å². The van der Waals surface area contributed by atoms with E-state index in [4.69, 9.17) is 6.57 Å². The average Bonchev–Trinajstić information content (AvgIpc) is 2.15. The van der Waals surface area contributed by atoms with Crippen molar-refractivity contribution in [3.8, 4) is 0 Å². The summed E-state index contributed by atoms with van der Waals surface area (Å²) >= 11 is 0. The van der Waals surface area contributed by atoms with E-state index in [0.29, 0.717) is 5.69 Å². The molecule has 2 heteroatoms. The normalized spacial score (nSPS) is 9.85. The van der Waals surface area contributed by atoms with Crippen molar-refractivity contribution in [2.45, 2.75) is 6.92 Å². The van der Waals surface area contributed by atoms with Crippen LogP contribution in [0.3, 0.4) is 0 Å². The minimum Gasteiger partial charge on any atom is -0.295 e. The van der Waals surface area contributed by atoms with Crippen molar-refractivity contribution in [1.82, 2.24) is 0 Å². The van der Waals surface area contributed by atoms with Gasteiger partial charge < -0.3 is 0 Å². The molecule has 0 aliphatic heterocycles. The van der Waals surface area contributed by atoms with Gasteiger partial charge in [-0.1, -0.05) is 24.3 Å². The molecular weight excluding hydrogens is 162 g/mol. The maximum absolute atomic E-state index is 10.6. The van der Waals surface area contributed by atoms with Crippen molar-refractivity contribution in [3.05, 3.63) is 47.3 Å². The summed E-state index contributed by atoms with van der Waals surface area (Å²) in [5.41, 5.74) is 1.47. The molecule has 0 aliphatic carbocycles. The molecule has 0 unspecified atom stereocenters. The van der Waals surface area contributed by atoms with Crippen molar-refractivity contribution < 1.29 is 4.79 Å². The number of hydrogen-bond acceptors (Lipinski definition) is 1. The van der Waals surface area contributed by atoms with Gasteiger partial charge in [0.25, 0.3) is 0 Å². The molecule has 0 heterocycles. The number of nitrogens with zero attached hydrogens (tertiary/aromatic N) is 1. The molecule has 0 saturated heterocycles. The van der Waals surface area contributed by atoms with E-state index in [9.17, 15) is 4.79 Å². The van der Waals surface area contributed by atoms with Crippen LogP contribution in [0.15, 0.2) is 30.3 Å². The van der Waals surface area contributed by atoms with Crippen LogP contribution in [0.4, 0.5) is 5.69 Å². The summed E-state index contributed by atoms with van der Waals surface area (Å²) in [4.78, 5) is 13.9. The minimum atomic E-state index is 0.00761. The lowest BCUT2D eigenvalue weighted by molar-refractivity contribution is -0.112. The van der Waals surface area contributed by atoms with Crippen LogP contribution in [0.1, 0.15) is 12.5 Å². The Hall–Kier alpha value is -1.88. The number of hydrogen-bond donors (Lipinski definition) is 0. The molecule has 0 atom stereocenters. The Balaban J connectivity index is 2.91. The van der Waals surface area contributed by atoms with E-state index in [2.05, 4.69) is 4.85 Å². The molecule has 0 aliphatic rings. The first-order valence-electron chi connectivity index (χ1n) is 3.88. The number of ketones is 1. The number of carbonyl (C=O) groups excluding carboxylic acids is 1. The first-order chi connectivity index (χ1) is 6.22. The van der Waals surface area contributed by atoms with Crippen LogP contribution in [0.5, 0.6) is 0 Å². The Morgan fingerprint density at radius 2 is 2.31 bits per heavy atom. The molecule has 64 valence electrons. The summed E-state index contributed by atoms with van der Waals surface area (Å²) in [7, 11) is 0. The molecule has 0 N–H and O–H groups in total. The topological polar surface area (TPSA) is 21.4 Å². The van der Waals surface area contributed by atoms with E-state index in [-0.39, 0.29) is 5.78 Å². The lowest BCUT2D eigenvalue weighted by Crippen LogP contribution is -1.79. The molecule has 0 aromatic heterocycles. The highest BCUT2D eigenvalue weighted by molar-refractivity contribution is 5.91. The highest BCUT2D eigenvalue weighted by Gasteiger charge is 1.90. The second-order valence-electron chi connectivity index (χ2n) is 2.65. The van der Waals surface area contributed by atoms with Crippen LogP contribution in [-0.2, 0) is 4.79 Å². The summed E-state index contributed by atoms with van der Waals surface area (Å²) in [6.07, 6.45) is 3.19. The number of rotatable bonds is 2. The fourth-order valence-electron chi connectivity index (χ4n) is 0.912. The van der Waals surface area contributed by atoms with Crippen LogP contribution >= 0.6 is 0 Å². The van der Waals surface area contributed by atoms with Crippen LogP contribution in [0.2, 0.25) is 0 Å². The van der Waals surface area contributed by atoms with Gasteiger partial charge in [0.2, 0.25) is 0 Å². The van der Waals surface area contributed by atoms with Crippen molar-refractivity contribution in [1.29, 1.82) is 0 Å². The van der Waals surface area contributed by atoms with Crippen molar-refractivity contribution >= 4 is 17.5 Å². The van der Waals surface area contributed by atoms with Crippen LogP contribution in [0, 0.1) is 6.57 Å². The molecule has 0 saturated carbocycles. The van der Waals surface area contributed by atoms with Gasteiger partial charge in [-0.15, -0.1) is 0 Å². The first kappa shape index (κ1) is 9.21. The van der Waals surface area contributed by atoms with E-state index < -0.39 is 0 Å². The number of allylic oxidation sites excluding steroid dienone is 1. The maximum atomic E-state index is 10.6. The smallest absolute Gasteiger partial charge is 0.187 e. The van der Waals surface area contributed by atoms with Gasteiger partial charge in [-0.05, 0) is 24.6 Å². The Kier molecular flexibility index (Phi) is 2.99. The Morgan fingerprint density at radius 1 is 1.54 bits per heavy atom. The lowest BCUT2D eigenvalue weighted by atomic mass is 10.2.